The van der Waals surface area contributed by atoms with Gasteiger partial charge >= 0.3 is 6.03 Å². The highest BCUT2D eigenvalue weighted by Crippen LogP contribution is 2.19. The molecule has 2 aromatic rings. The third kappa shape index (κ3) is 5.48. The van der Waals surface area contributed by atoms with E-state index in [0.717, 1.165) is 10.5 Å². The maximum atomic E-state index is 13.3. The molecule has 2 aliphatic rings. The Bertz CT molecular complexity index is 1090. The normalized spacial score (nSPS) is 20.9. The fourth-order valence-corrected chi connectivity index (χ4v) is 4.38. The second-order valence-corrected chi connectivity index (χ2v) is 8.61. The number of carbonyl (C=O) groups is 5. The minimum Gasteiger partial charge on any atom is -0.368 e. The van der Waals surface area contributed by atoms with Crippen molar-refractivity contribution in [3.8, 4) is 0 Å². The van der Waals surface area contributed by atoms with Crippen LogP contribution in [0.25, 0.3) is 0 Å². The molecule has 0 unspecified atom stereocenters. The molecule has 2 fully saturated rings. The number of hydrogen-bond donors (Lipinski definition) is 4. The number of H-pyrrole nitrogens is 1. The summed E-state index contributed by atoms with van der Waals surface area (Å²) in [6, 6.07) is 5.42. The number of carbonyl (C=O) groups excluding carboxylic acids is 5. The Kier molecular flexibility index (Phi) is 7.09. The molecule has 4 rings (SSSR count). The van der Waals surface area contributed by atoms with Crippen molar-refractivity contribution >= 4 is 29.7 Å². The zero-order chi connectivity index (χ0) is 24.9. The number of amides is 6. The van der Waals surface area contributed by atoms with Crippen molar-refractivity contribution in [3.05, 3.63) is 54.1 Å². The average molecular weight is 482 g/mol. The fraction of sp³-hybridized carbons (Fsp3) is 0.391. The highest BCUT2D eigenvalue weighted by molar-refractivity contribution is 6.03. The maximum Gasteiger partial charge on any atom is 0.325 e. The molecule has 12 nitrogen and oxygen atoms in total. The van der Waals surface area contributed by atoms with Crippen LogP contribution in [0.2, 0.25) is 0 Å². The summed E-state index contributed by atoms with van der Waals surface area (Å²) < 4.78 is 0. The molecule has 0 bridgehead atoms. The summed E-state index contributed by atoms with van der Waals surface area (Å²) in [4.78, 5) is 72.6. The van der Waals surface area contributed by atoms with Crippen LogP contribution >= 0.6 is 0 Å². The Hall–Kier alpha value is -4.22. The smallest absolute Gasteiger partial charge is 0.325 e. The number of hydrogen-bond acceptors (Lipinski definition) is 6. The predicted molar refractivity (Wildman–Crippen MR) is 122 cm³/mol. The maximum absolute atomic E-state index is 13.3. The highest BCUT2D eigenvalue weighted by Gasteiger charge is 2.40. The van der Waals surface area contributed by atoms with Crippen molar-refractivity contribution in [1.29, 1.82) is 0 Å². The van der Waals surface area contributed by atoms with E-state index in [1.165, 1.54) is 17.4 Å². The number of nitrogens with one attached hydrogen (secondary N) is 3. The van der Waals surface area contributed by atoms with Gasteiger partial charge in [-0.05, 0) is 18.4 Å². The second kappa shape index (κ2) is 10.4. The van der Waals surface area contributed by atoms with Gasteiger partial charge in [0.05, 0.1) is 19.3 Å². The third-order valence-electron chi connectivity index (χ3n) is 6.18. The van der Waals surface area contributed by atoms with Crippen molar-refractivity contribution in [2.75, 3.05) is 6.54 Å². The summed E-state index contributed by atoms with van der Waals surface area (Å²) in [5.74, 6) is -2.24. The summed E-state index contributed by atoms with van der Waals surface area (Å²) in [5, 5.41) is 5.20. The first-order valence-corrected chi connectivity index (χ1v) is 11.4. The van der Waals surface area contributed by atoms with Crippen molar-refractivity contribution in [1.82, 2.24) is 30.4 Å². The van der Waals surface area contributed by atoms with Crippen LogP contribution in [0.5, 0.6) is 0 Å². The lowest BCUT2D eigenvalue weighted by Crippen LogP contribution is -2.61. The van der Waals surface area contributed by atoms with Crippen LogP contribution in [-0.2, 0) is 32.1 Å². The molecule has 2 aliphatic heterocycles. The van der Waals surface area contributed by atoms with Gasteiger partial charge in [0.25, 0.3) is 0 Å². The molecule has 12 heteroatoms. The van der Waals surface area contributed by atoms with E-state index in [2.05, 4.69) is 20.6 Å². The van der Waals surface area contributed by atoms with Crippen LogP contribution in [0.4, 0.5) is 4.79 Å². The van der Waals surface area contributed by atoms with Crippen LogP contribution in [-0.4, -0.2) is 74.1 Å². The zero-order valence-corrected chi connectivity index (χ0v) is 19.0. The van der Waals surface area contributed by atoms with Gasteiger partial charge in [-0.3, -0.25) is 24.1 Å². The lowest BCUT2D eigenvalue weighted by Gasteiger charge is -2.32. The Morgan fingerprint density at radius 3 is 2.63 bits per heavy atom. The first-order valence-electron chi connectivity index (χ1n) is 11.4. The summed E-state index contributed by atoms with van der Waals surface area (Å²) in [7, 11) is 0. The number of aromatic amines is 1. The molecular weight excluding hydrogens is 454 g/mol. The van der Waals surface area contributed by atoms with Gasteiger partial charge in [0.1, 0.15) is 18.1 Å². The number of nitrogens with two attached hydrogens (primary N) is 1. The van der Waals surface area contributed by atoms with Gasteiger partial charge in [-0.1, -0.05) is 30.3 Å². The SMILES string of the molecule is NC(=O)[C@H]1CCCN1C(=O)[C@@H](Cc1cnc[nH]1)NC(=O)[C@@H]1CC(=O)N(Cc2ccccc2)C(=O)N1. The van der Waals surface area contributed by atoms with Crippen LogP contribution in [0.15, 0.2) is 42.9 Å². The Labute approximate surface area is 201 Å². The summed E-state index contributed by atoms with van der Waals surface area (Å²) in [6.45, 7) is 0.430. The first-order chi connectivity index (χ1) is 16.8. The molecule has 0 aliphatic carbocycles. The van der Waals surface area contributed by atoms with Gasteiger partial charge in [-0.25, -0.2) is 9.78 Å². The highest BCUT2D eigenvalue weighted by atomic mass is 16.2. The van der Waals surface area contributed by atoms with Crippen molar-refractivity contribution in [2.24, 2.45) is 5.73 Å². The van der Waals surface area contributed by atoms with Crippen LogP contribution in [0.1, 0.15) is 30.5 Å². The summed E-state index contributed by atoms with van der Waals surface area (Å²) in [6.07, 6.45) is 3.88. The number of primary amides is 1. The van der Waals surface area contributed by atoms with Crippen molar-refractivity contribution in [2.45, 2.75) is 50.4 Å². The number of aromatic nitrogens is 2. The minimum absolute atomic E-state index is 0.0846. The van der Waals surface area contributed by atoms with Gasteiger partial charge in [0.2, 0.25) is 23.6 Å². The molecule has 0 saturated carbocycles. The van der Waals surface area contributed by atoms with E-state index in [4.69, 9.17) is 5.73 Å². The standard InChI is InChI=1S/C23H27N7O5/c24-20(32)18-7-4-8-29(18)22(34)17(9-15-11-25-13-26-15)27-21(33)16-10-19(31)30(23(35)28-16)12-14-5-2-1-3-6-14/h1-3,5-6,11,13,16-18H,4,7-10,12H2,(H2,24,32)(H,25,26)(H,27,33)(H,28,35)/t16-,17+,18+/m0/s1. The Morgan fingerprint density at radius 1 is 1.20 bits per heavy atom. The lowest BCUT2D eigenvalue weighted by molar-refractivity contribution is -0.141. The van der Waals surface area contributed by atoms with E-state index in [9.17, 15) is 24.0 Å². The molecule has 184 valence electrons. The molecule has 1 aromatic heterocycles. The number of nitrogens with zero attached hydrogens (tertiary/aromatic N) is 3. The van der Waals surface area contributed by atoms with Gasteiger partial charge in [0, 0.05) is 24.9 Å². The number of imide groups is 1. The third-order valence-corrected chi connectivity index (χ3v) is 6.18. The molecule has 1 aromatic carbocycles. The molecule has 6 amide bonds. The fourth-order valence-electron chi connectivity index (χ4n) is 4.38. The van der Waals surface area contributed by atoms with E-state index < -0.39 is 47.8 Å². The molecule has 2 saturated heterocycles. The van der Waals surface area contributed by atoms with Crippen molar-refractivity contribution < 1.29 is 24.0 Å². The summed E-state index contributed by atoms with van der Waals surface area (Å²) >= 11 is 0. The Morgan fingerprint density at radius 2 is 1.97 bits per heavy atom. The molecule has 0 spiro atoms. The molecule has 3 heterocycles. The first kappa shape index (κ1) is 23.9. The van der Waals surface area contributed by atoms with Crippen LogP contribution < -0.4 is 16.4 Å². The molecule has 35 heavy (non-hydrogen) atoms. The monoisotopic (exact) mass is 481 g/mol. The quantitative estimate of drug-likeness (QED) is 0.393. The largest absolute Gasteiger partial charge is 0.368 e. The predicted octanol–water partition coefficient (Wildman–Crippen LogP) is -0.576. The molecular formula is C23H27N7O5. The zero-order valence-electron chi connectivity index (χ0n) is 19.0. The van der Waals surface area contributed by atoms with Crippen LogP contribution in [0, 0.1) is 0 Å². The molecule has 0 radical (unpaired) electrons. The van der Waals surface area contributed by atoms with Crippen molar-refractivity contribution in [3.63, 3.8) is 0 Å². The van der Waals surface area contributed by atoms with E-state index in [1.54, 1.807) is 24.3 Å². The Balaban J connectivity index is 1.45. The molecule has 3 atom stereocenters. The van der Waals surface area contributed by atoms with Gasteiger partial charge in [-0.15, -0.1) is 0 Å². The second-order valence-electron chi connectivity index (χ2n) is 8.61. The van der Waals surface area contributed by atoms with E-state index >= 15 is 0 Å². The number of rotatable bonds is 8. The van der Waals surface area contributed by atoms with E-state index in [-0.39, 0.29) is 19.4 Å². The van der Waals surface area contributed by atoms with Gasteiger partial charge < -0.3 is 26.3 Å². The topological polar surface area (TPSA) is 171 Å². The molecule has 5 N–H and O–H groups in total. The van der Waals surface area contributed by atoms with E-state index in [0.29, 0.717) is 25.1 Å². The number of urea groups is 1. The number of benzene rings is 1. The van der Waals surface area contributed by atoms with E-state index in [1.807, 2.05) is 6.07 Å². The van der Waals surface area contributed by atoms with Gasteiger partial charge in [0.15, 0.2) is 0 Å². The summed E-state index contributed by atoms with van der Waals surface area (Å²) in [5.41, 5.74) is 6.82. The number of imidazole rings is 1. The average Bonchev–Trinajstić information content (AvgIpc) is 3.53. The van der Waals surface area contributed by atoms with Gasteiger partial charge in [-0.2, -0.15) is 0 Å². The lowest BCUT2D eigenvalue weighted by atomic mass is 10.1. The number of likely N-dealkylation sites (tertiary alicyclic amines) is 1. The minimum atomic E-state index is -1.13. The van der Waals surface area contributed by atoms with Crippen LogP contribution in [0.3, 0.4) is 0 Å².